The van der Waals surface area contributed by atoms with Crippen molar-refractivity contribution in [2.75, 3.05) is 13.1 Å². The molecule has 1 heterocycles. The van der Waals surface area contributed by atoms with Gasteiger partial charge in [-0.3, -0.25) is 4.79 Å². The first kappa shape index (κ1) is 11.7. The Morgan fingerprint density at radius 1 is 1.06 bits per heavy atom. The molecule has 0 N–H and O–H groups in total. The van der Waals surface area contributed by atoms with Crippen molar-refractivity contribution in [3.05, 3.63) is 33.8 Å². The highest BCUT2D eigenvalue weighted by Gasteiger charge is 2.18. The van der Waals surface area contributed by atoms with E-state index in [1.807, 2.05) is 4.90 Å². The Morgan fingerprint density at radius 3 is 2.38 bits per heavy atom. The molecular weight excluding hydrogens is 245 g/mol. The molecule has 0 spiro atoms. The zero-order valence-corrected chi connectivity index (χ0v) is 10.4. The molecule has 16 heavy (non-hydrogen) atoms. The first-order valence-electron chi connectivity index (χ1n) is 5.43. The van der Waals surface area contributed by atoms with Crippen LogP contribution in [0.15, 0.2) is 18.2 Å². The van der Waals surface area contributed by atoms with Gasteiger partial charge in [0.05, 0.1) is 10.0 Å². The first-order chi connectivity index (χ1) is 7.68. The molecule has 0 radical (unpaired) electrons. The highest BCUT2D eigenvalue weighted by Crippen LogP contribution is 2.23. The van der Waals surface area contributed by atoms with Gasteiger partial charge in [-0.2, -0.15) is 0 Å². The van der Waals surface area contributed by atoms with Crippen LogP contribution in [0.1, 0.15) is 29.6 Å². The van der Waals surface area contributed by atoms with Crippen molar-refractivity contribution in [3.8, 4) is 0 Å². The topological polar surface area (TPSA) is 20.3 Å². The van der Waals surface area contributed by atoms with Gasteiger partial charge in [-0.15, -0.1) is 0 Å². The van der Waals surface area contributed by atoms with Gasteiger partial charge in [0.2, 0.25) is 0 Å². The summed E-state index contributed by atoms with van der Waals surface area (Å²) in [5.41, 5.74) is 0.622. The van der Waals surface area contributed by atoms with Crippen LogP contribution in [-0.4, -0.2) is 23.9 Å². The molecule has 1 aromatic carbocycles. The average Bonchev–Trinajstić information content (AvgIpc) is 2.33. The van der Waals surface area contributed by atoms with Gasteiger partial charge in [0, 0.05) is 18.7 Å². The number of likely N-dealkylation sites (tertiary alicyclic amines) is 1. The van der Waals surface area contributed by atoms with E-state index in [1.165, 1.54) is 6.42 Å². The lowest BCUT2D eigenvalue weighted by Gasteiger charge is -2.26. The van der Waals surface area contributed by atoms with Crippen LogP contribution in [0.2, 0.25) is 10.0 Å². The van der Waals surface area contributed by atoms with E-state index in [4.69, 9.17) is 23.2 Å². The molecule has 0 aromatic heterocycles. The molecule has 1 aromatic rings. The second-order valence-corrected chi connectivity index (χ2v) is 4.80. The number of carbonyl (C=O) groups is 1. The van der Waals surface area contributed by atoms with Crippen molar-refractivity contribution < 1.29 is 4.79 Å². The predicted molar refractivity (Wildman–Crippen MR) is 66.2 cm³/mol. The fourth-order valence-corrected chi connectivity index (χ4v) is 2.21. The van der Waals surface area contributed by atoms with Crippen LogP contribution >= 0.6 is 23.2 Å². The molecule has 86 valence electrons. The van der Waals surface area contributed by atoms with Crippen LogP contribution < -0.4 is 0 Å². The summed E-state index contributed by atoms with van der Waals surface area (Å²) in [5.74, 6) is 0.0540. The fraction of sp³-hybridized carbons (Fsp3) is 0.417. The van der Waals surface area contributed by atoms with E-state index in [0.717, 1.165) is 25.9 Å². The largest absolute Gasteiger partial charge is 0.339 e. The third-order valence-electron chi connectivity index (χ3n) is 2.81. The van der Waals surface area contributed by atoms with E-state index in [1.54, 1.807) is 18.2 Å². The molecule has 2 rings (SSSR count). The molecule has 0 aliphatic carbocycles. The zero-order chi connectivity index (χ0) is 11.5. The van der Waals surface area contributed by atoms with Gasteiger partial charge in [0.15, 0.2) is 0 Å². The molecule has 0 atom stereocenters. The average molecular weight is 258 g/mol. The first-order valence-corrected chi connectivity index (χ1v) is 6.18. The van der Waals surface area contributed by atoms with Crippen molar-refractivity contribution in [2.45, 2.75) is 19.3 Å². The van der Waals surface area contributed by atoms with Crippen LogP contribution in [0.3, 0.4) is 0 Å². The number of hydrogen-bond donors (Lipinski definition) is 0. The van der Waals surface area contributed by atoms with Gasteiger partial charge >= 0.3 is 0 Å². The molecule has 4 heteroatoms. The molecule has 0 bridgehead atoms. The highest BCUT2D eigenvalue weighted by atomic mass is 35.5. The van der Waals surface area contributed by atoms with Crippen LogP contribution in [0.4, 0.5) is 0 Å². The number of halogens is 2. The summed E-state index contributed by atoms with van der Waals surface area (Å²) in [6.45, 7) is 1.69. The van der Waals surface area contributed by atoms with E-state index in [0.29, 0.717) is 15.6 Å². The van der Waals surface area contributed by atoms with Gasteiger partial charge in [-0.05, 0) is 37.5 Å². The summed E-state index contributed by atoms with van der Waals surface area (Å²) in [5, 5.41) is 0.918. The Bertz CT molecular complexity index is 400. The van der Waals surface area contributed by atoms with Crippen molar-refractivity contribution >= 4 is 29.1 Å². The number of benzene rings is 1. The van der Waals surface area contributed by atoms with Crippen LogP contribution in [-0.2, 0) is 0 Å². The third kappa shape index (κ3) is 2.50. The summed E-state index contributed by atoms with van der Waals surface area (Å²) in [4.78, 5) is 14.0. The van der Waals surface area contributed by atoms with Gasteiger partial charge < -0.3 is 4.90 Å². The van der Waals surface area contributed by atoms with Crippen LogP contribution in [0, 0.1) is 0 Å². The van der Waals surface area contributed by atoms with Gasteiger partial charge in [0.25, 0.3) is 5.91 Å². The molecule has 2 nitrogen and oxygen atoms in total. The minimum atomic E-state index is 0.0540. The monoisotopic (exact) mass is 257 g/mol. The second-order valence-electron chi connectivity index (χ2n) is 3.98. The predicted octanol–water partition coefficient (Wildman–Crippen LogP) is 3.62. The third-order valence-corrected chi connectivity index (χ3v) is 3.55. The maximum absolute atomic E-state index is 12.1. The quantitative estimate of drug-likeness (QED) is 0.753. The lowest BCUT2D eigenvalue weighted by atomic mass is 10.1. The molecule has 1 fully saturated rings. The minimum Gasteiger partial charge on any atom is -0.339 e. The van der Waals surface area contributed by atoms with Gasteiger partial charge in [-0.25, -0.2) is 0 Å². The maximum atomic E-state index is 12.1. The summed E-state index contributed by atoms with van der Waals surface area (Å²) in [7, 11) is 0. The van der Waals surface area contributed by atoms with Gasteiger partial charge in [0.1, 0.15) is 0 Å². The molecule has 1 aliphatic heterocycles. The Morgan fingerprint density at radius 2 is 1.75 bits per heavy atom. The van der Waals surface area contributed by atoms with E-state index in [9.17, 15) is 4.79 Å². The number of piperidine rings is 1. The van der Waals surface area contributed by atoms with E-state index >= 15 is 0 Å². The van der Waals surface area contributed by atoms with E-state index < -0.39 is 0 Å². The lowest BCUT2D eigenvalue weighted by Crippen LogP contribution is -2.35. The standard InChI is InChI=1S/C12H13Cl2NO/c13-10-5-4-9(8-11(10)14)12(16)15-6-2-1-3-7-15/h4-5,8H,1-3,6-7H2. The number of nitrogens with zero attached hydrogens (tertiary/aromatic N) is 1. The van der Waals surface area contributed by atoms with E-state index in [2.05, 4.69) is 0 Å². The van der Waals surface area contributed by atoms with Crippen molar-refractivity contribution in [2.24, 2.45) is 0 Å². The Balaban J connectivity index is 2.16. The number of hydrogen-bond acceptors (Lipinski definition) is 1. The zero-order valence-electron chi connectivity index (χ0n) is 8.88. The lowest BCUT2D eigenvalue weighted by molar-refractivity contribution is 0.0724. The molecule has 0 unspecified atom stereocenters. The number of carbonyl (C=O) groups excluding carboxylic acids is 1. The fourth-order valence-electron chi connectivity index (χ4n) is 1.91. The van der Waals surface area contributed by atoms with E-state index in [-0.39, 0.29) is 5.91 Å². The molecule has 1 aliphatic rings. The van der Waals surface area contributed by atoms with Crippen molar-refractivity contribution in [1.82, 2.24) is 4.90 Å². The minimum absolute atomic E-state index is 0.0540. The molecule has 0 saturated carbocycles. The molecular formula is C12H13Cl2NO. The Hall–Kier alpha value is -0.730. The van der Waals surface area contributed by atoms with Crippen LogP contribution in [0.5, 0.6) is 0 Å². The Labute approximate surface area is 105 Å². The maximum Gasteiger partial charge on any atom is 0.253 e. The summed E-state index contributed by atoms with van der Waals surface area (Å²) in [6, 6.07) is 5.03. The van der Waals surface area contributed by atoms with Crippen molar-refractivity contribution in [1.29, 1.82) is 0 Å². The Kier molecular flexibility index (Phi) is 3.72. The van der Waals surface area contributed by atoms with Gasteiger partial charge in [-0.1, -0.05) is 23.2 Å². The summed E-state index contributed by atoms with van der Waals surface area (Å²) >= 11 is 11.7. The second kappa shape index (κ2) is 5.07. The van der Waals surface area contributed by atoms with Crippen LogP contribution in [0.25, 0.3) is 0 Å². The summed E-state index contributed by atoms with van der Waals surface area (Å²) < 4.78 is 0. The normalized spacial score (nSPS) is 16.2. The van der Waals surface area contributed by atoms with Crippen molar-refractivity contribution in [3.63, 3.8) is 0 Å². The molecule has 1 amide bonds. The molecule has 1 saturated heterocycles. The number of rotatable bonds is 1. The summed E-state index contributed by atoms with van der Waals surface area (Å²) in [6.07, 6.45) is 3.39. The SMILES string of the molecule is O=C(c1ccc(Cl)c(Cl)c1)N1CCCCC1. The smallest absolute Gasteiger partial charge is 0.253 e. The number of amides is 1. The highest BCUT2D eigenvalue weighted by molar-refractivity contribution is 6.42.